The van der Waals surface area contributed by atoms with Crippen LogP contribution in [-0.4, -0.2) is 44.1 Å². The SMILES string of the molecule is O=C([O-])c1cccc(C(=O)O)n1.O=C([O-])c1cccc(C(=O)O)n1.[Ag]. The van der Waals surface area contributed by atoms with Crippen LogP contribution in [0, 0.1) is 0 Å². The third-order valence-electron chi connectivity index (χ3n) is 2.35. The Kier molecular flexibility index (Phi) is 8.70. The summed E-state index contributed by atoms with van der Waals surface area (Å²) < 4.78 is 0. The van der Waals surface area contributed by atoms with Crippen LogP contribution in [0.1, 0.15) is 42.0 Å². The van der Waals surface area contributed by atoms with Gasteiger partial charge in [0.2, 0.25) is 0 Å². The first-order valence-corrected chi connectivity index (χ1v) is 6.05. The van der Waals surface area contributed by atoms with Gasteiger partial charge in [-0.05, 0) is 24.3 Å². The number of nitrogens with zero attached hydrogens (tertiary/aromatic N) is 2. The molecule has 0 saturated heterocycles. The van der Waals surface area contributed by atoms with Crippen LogP contribution in [-0.2, 0) is 22.4 Å². The zero-order valence-electron chi connectivity index (χ0n) is 12.0. The van der Waals surface area contributed by atoms with E-state index in [4.69, 9.17) is 10.2 Å². The third-order valence-corrected chi connectivity index (χ3v) is 2.35. The number of carboxylic acid groups (broad SMARTS) is 4. The number of aromatic carboxylic acids is 4. The molecule has 11 heteroatoms. The topological polar surface area (TPSA) is 181 Å². The molecule has 2 heterocycles. The van der Waals surface area contributed by atoms with Gasteiger partial charge in [-0.3, -0.25) is 0 Å². The second kappa shape index (κ2) is 9.93. The van der Waals surface area contributed by atoms with E-state index in [1.807, 2.05) is 0 Å². The van der Waals surface area contributed by atoms with Gasteiger partial charge in [0.15, 0.2) is 0 Å². The first-order valence-electron chi connectivity index (χ1n) is 6.05. The van der Waals surface area contributed by atoms with Crippen LogP contribution in [0.4, 0.5) is 0 Å². The Morgan fingerprint density at radius 1 is 0.680 bits per heavy atom. The fourth-order valence-electron chi connectivity index (χ4n) is 1.34. The van der Waals surface area contributed by atoms with Gasteiger partial charge in [-0.15, -0.1) is 0 Å². The molecule has 25 heavy (non-hydrogen) atoms. The predicted octanol–water partition coefficient (Wildman–Crippen LogP) is -1.72. The molecule has 0 atom stereocenters. The number of hydrogen-bond acceptors (Lipinski definition) is 8. The molecule has 2 aromatic heterocycles. The molecule has 2 rings (SSSR count). The fraction of sp³-hybridized carbons (Fsp3) is 0. The van der Waals surface area contributed by atoms with E-state index in [2.05, 4.69) is 9.97 Å². The quantitative estimate of drug-likeness (QED) is 0.520. The van der Waals surface area contributed by atoms with Gasteiger partial charge in [0.05, 0.1) is 23.3 Å². The average Bonchev–Trinajstić information content (AvgIpc) is 2.55. The molecule has 0 aromatic carbocycles. The van der Waals surface area contributed by atoms with Crippen molar-refractivity contribution in [1.82, 2.24) is 9.97 Å². The smallest absolute Gasteiger partial charge is 0.354 e. The molecule has 1 radical (unpaired) electrons. The van der Waals surface area contributed by atoms with Crippen LogP contribution in [0.2, 0.25) is 0 Å². The molecule has 0 spiro atoms. The van der Waals surface area contributed by atoms with Crippen molar-refractivity contribution in [2.24, 2.45) is 0 Å². The minimum absolute atomic E-state index is 0. The molecule has 2 aromatic rings. The van der Waals surface area contributed by atoms with Gasteiger partial charge >= 0.3 is 11.9 Å². The maximum atomic E-state index is 10.3. The summed E-state index contributed by atoms with van der Waals surface area (Å²) in [6, 6.07) is 7.33. The summed E-state index contributed by atoms with van der Waals surface area (Å²) in [5.74, 6) is -5.51. The Morgan fingerprint density at radius 3 is 1.20 bits per heavy atom. The van der Waals surface area contributed by atoms with Crippen molar-refractivity contribution in [3.8, 4) is 0 Å². The molecular weight excluding hydrogens is 432 g/mol. The van der Waals surface area contributed by atoms with Crippen LogP contribution < -0.4 is 10.2 Å². The van der Waals surface area contributed by atoms with Crippen molar-refractivity contribution >= 4 is 23.9 Å². The number of pyridine rings is 2. The second-order valence-electron chi connectivity index (χ2n) is 4.00. The minimum atomic E-state index is -1.49. The van der Waals surface area contributed by atoms with Gasteiger partial charge in [0, 0.05) is 22.4 Å². The molecule has 0 unspecified atom stereocenters. The first-order chi connectivity index (χ1) is 11.2. The molecule has 2 N–H and O–H groups in total. The Bertz CT molecular complexity index is 683. The summed E-state index contributed by atoms with van der Waals surface area (Å²) in [7, 11) is 0. The third kappa shape index (κ3) is 6.91. The summed E-state index contributed by atoms with van der Waals surface area (Å²) in [6.45, 7) is 0. The molecule has 0 fully saturated rings. The van der Waals surface area contributed by atoms with Gasteiger partial charge in [-0.1, -0.05) is 12.1 Å². The molecule has 0 aliphatic rings. The van der Waals surface area contributed by atoms with E-state index >= 15 is 0 Å². The van der Waals surface area contributed by atoms with E-state index in [1.165, 1.54) is 36.4 Å². The Hall–Kier alpha value is -3.08. The van der Waals surface area contributed by atoms with Gasteiger partial charge in [0.25, 0.3) is 0 Å². The number of aromatic nitrogens is 2. The molecule has 0 aliphatic heterocycles. The van der Waals surface area contributed by atoms with Crippen LogP contribution >= 0.6 is 0 Å². The van der Waals surface area contributed by atoms with Crippen LogP contribution in [0.3, 0.4) is 0 Å². The normalized spacial score (nSPS) is 8.96. The van der Waals surface area contributed by atoms with Crippen molar-refractivity contribution in [3.05, 3.63) is 59.2 Å². The Labute approximate surface area is 155 Å². The van der Waals surface area contributed by atoms with E-state index in [1.54, 1.807) is 0 Å². The maximum Gasteiger partial charge on any atom is 0.354 e. The predicted molar refractivity (Wildman–Crippen MR) is 71.1 cm³/mol. The van der Waals surface area contributed by atoms with Gasteiger partial charge in [0.1, 0.15) is 11.4 Å². The molecule has 135 valence electrons. The number of carbonyl (C=O) groups excluding carboxylic acids is 2. The van der Waals surface area contributed by atoms with E-state index in [0.29, 0.717) is 0 Å². The molecule has 0 aliphatic carbocycles. The van der Waals surface area contributed by atoms with Gasteiger partial charge in [-0.2, -0.15) is 0 Å². The molecular formula is C14H8AgN2O8-2. The van der Waals surface area contributed by atoms with Crippen molar-refractivity contribution in [2.75, 3.05) is 0 Å². The van der Waals surface area contributed by atoms with Crippen molar-refractivity contribution < 1.29 is 62.0 Å². The van der Waals surface area contributed by atoms with E-state index in [0.717, 1.165) is 0 Å². The number of carboxylic acids is 4. The van der Waals surface area contributed by atoms with E-state index in [9.17, 15) is 29.4 Å². The summed E-state index contributed by atoms with van der Waals surface area (Å²) >= 11 is 0. The van der Waals surface area contributed by atoms with Gasteiger partial charge < -0.3 is 30.0 Å². The summed E-state index contributed by atoms with van der Waals surface area (Å²) in [4.78, 5) is 47.6. The molecule has 0 bridgehead atoms. The van der Waals surface area contributed by atoms with E-state index < -0.39 is 23.9 Å². The van der Waals surface area contributed by atoms with Crippen LogP contribution in [0.25, 0.3) is 0 Å². The monoisotopic (exact) mass is 439 g/mol. The summed E-state index contributed by atoms with van der Waals surface area (Å²) in [5, 5.41) is 37.2. The minimum Gasteiger partial charge on any atom is -0.543 e. The van der Waals surface area contributed by atoms with Gasteiger partial charge in [-0.25, -0.2) is 19.6 Å². The Morgan fingerprint density at radius 2 is 0.960 bits per heavy atom. The zero-order chi connectivity index (χ0) is 18.3. The average molecular weight is 440 g/mol. The molecule has 0 amide bonds. The first kappa shape index (κ1) is 21.9. The van der Waals surface area contributed by atoms with Crippen molar-refractivity contribution in [2.45, 2.75) is 0 Å². The van der Waals surface area contributed by atoms with E-state index in [-0.39, 0.29) is 45.2 Å². The summed E-state index contributed by atoms with van der Waals surface area (Å²) in [6.07, 6.45) is 0. The van der Waals surface area contributed by atoms with Crippen molar-refractivity contribution in [3.63, 3.8) is 0 Å². The van der Waals surface area contributed by atoms with Crippen molar-refractivity contribution in [1.29, 1.82) is 0 Å². The maximum absolute atomic E-state index is 10.3. The number of hydrogen-bond donors (Lipinski definition) is 2. The Balaban J connectivity index is 0.000000443. The zero-order valence-corrected chi connectivity index (χ0v) is 13.5. The fourth-order valence-corrected chi connectivity index (χ4v) is 1.34. The van der Waals surface area contributed by atoms with Crippen LogP contribution in [0.5, 0.6) is 0 Å². The number of carbonyl (C=O) groups is 4. The largest absolute Gasteiger partial charge is 0.543 e. The molecule has 0 saturated carbocycles. The second-order valence-corrected chi connectivity index (χ2v) is 4.00. The number of rotatable bonds is 4. The standard InChI is InChI=1S/2C7H5NO4.Ag/c2*9-6(10)4-2-1-3-5(8-4)7(11)12;/h2*1-3H,(H,9,10)(H,11,12);/p-2. The molecule has 10 nitrogen and oxygen atoms in total. The van der Waals surface area contributed by atoms with Crippen LogP contribution in [0.15, 0.2) is 36.4 Å². The summed E-state index contributed by atoms with van der Waals surface area (Å²) in [5.41, 5.74) is -1.38.